The van der Waals surface area contributed by atoms with Gasteiger partial charge in [0.05, 0.1) is 0 Å². The van der Waals surface area contributed by atoms with Gasteiger partial charge in [-0.2, -0.15) is 0 Å². The monoisotopic (exact) mass is 422 g/mol. The highest BCUT2D eigenvalue weighted by Crippen LogP contribution is 2.28. The van der Waals surface area contributed by atoms with Crippen LogP contribution in [0.1, 0.15) is 58.3 Å². The van der Waals surface area contributed by atoms with Crippen molar-refractivity contribution in [3.8, 4) is 0 Å². The average molecular weight is 422 g/mol. The van der Waals surface area contributed by atoms with Crippen molar-refractivity contribution in [1.82, 2.24) is 16.0 Å². The summed E-state index contributed by atoms with van der Waals surface area (Å²) in [6.45, 7) is 4.47. The van der Waals surface area contributed by atoms with Crippen LogP contribution in [0.2, 0.25) is 0 Å². The highest BCUT2D eigenvalue weighted by atomic mass is 127. The molecule has 2 saturated carbocycles. The van der Waals surface area contributed by atoms with E-state index in [9.17, 15) is 4.79 Å². The van der Waals surface area contributed by atoms with Crippen molar-refractivity contribution >= 4 is 35.8 Å². The fourth-order valence-electron chi connectivity index (χ4n) is 2.70. The zero-order valence-electron chi connectivity index (χ0n) is 13.7. The van der Waals surface area contributed by atoms with Crippen molar-refractivity contribution < 1.29 is 4.79 Å². The third-order valence-electron chi connectivity index (χ3n) is 4.16. The standard InChI is InChI=1S/C16H30N4O.HI/c1-2-17-16(19-12-13-8-9-13)18-11-10-15(21)20-14-6-4-3-5-7-14;/h13-14H,2-12H2,1H3,(H,20,21)(H2,17,18,19);1H. The highest BCUT2D eigenvalue weighted by molar-refractivity contribution is 14.0. The molecule has 2 aliphatic rings. The van der Waals surface area contributed by atoms with Gasteiger partial charge in [0.15, 0.2) is 5.96 Å². The molecule has 0 saturated heterocycles. The number of carbonyl (C=O) groups excluding carboxylic acids is 1. The second kappa shape index (κ2) is 11.1. The lowest BCUT2D eigenvalue weighted by molar-refractivity contribution is -0.121. The van der Waals surface area contributed by atoms with E-state index < -0.39 is 0 Å². The molecule has 2 fully saturated rings. The molecule has 0 atom stereocenters. The van der Waals surface area contributed by atoms with Crippen molar-refractivity contribution in [2.45, 2.75) is 64.3 Å². The van der Waals surface area contributed by atoms with E-state index in [1.165, 1.54) is 32.1 Å². The van der Waals surface area contributed by atoms with Crippen LogP contribution in [-0.2, 0) is 4.79 Å². The Morgan fingerprint density at radius 1 is 1.09 bits per heavy atom. The topological polar surface area (TPSA) is 65.5 Å². The van der Waals surface area contributed by atoms with E-state index >= 15 is 0 Å². The van der Waals surface area contributed by atoms with Crippen molar-refractivity contribution in [3.63, 3.8) is 0 Å². The first-order chi connectivity index (χ1) is 10.3. The minimum absolute atomic E-state index is 0. The average Bonchev–Trinajstić information content (AvgIpc) is 3.30. The minimum atomic E-state index is 0. The number of halogens is 1. The largest absolute Gasteiger partial charge is 0.357 e. The Morgan fingerprint density at radius 3 is 2.45 bits per heavy atom. The van der Waals surface area contributed by atoms with Crippen LogP contribution in [0.3, 0.4) is 0 Å². The maximum Gasteiger partial charge on any atom is 0.221 e. The van der Waals surface area contributed by atoms with E-state index in [4.69, 9.17) is 0 Å². The highest BCUT2D eigenvalue weighted by Gasteiger charge is 2.20. The Bertz CT molecular complexity index is 352. The minimum Gasteiger partial charge on any atom is -0.357 e. The quantitative estimate of drug-likeness (QED) is 0.336. The number of carbonyl (C=O) groups is 1. The third kappa shape index (κ3) is 8.19. The smallest absolute Gasteiger partial charge is 0.221 e. The van der Waals surface area contributed by atoms with Crippen LogP contribution in [0.15, 0.2) is 4.99 Å². The van der Waals surface area contributed by atoms with Gasteiger partial charge in [0.1, 0.15) is 0 Å². The lowest BCUT2D eigenvalue weighted by Crippen LogP contribution is -2.41. The molecule has 0 heterocycles. The van der Waals surface area contributed by atoms with Crippen molar-refractivity contribution in [2.75, 3.05) is 19.6 Å². The molecule has 1 amide bonds. The van der Waals surface area contributed by atoms with Gasteiger partial charge in [-0.1, -0.05) is 19.3 Å². The molecule has 0 aromatic heterocycles. The number of guanidine groups is 1. The Balaban J connectivity index is 0.00000242. The van der Waals surface area contributed by atoms with Crippen molar-refractivity contribution in [2.24, 2.45) is 10.9 Å². The summed E-state index contributed by atoms with van der Waals surface area (Å²) in [5, 5.41) is 9.62. The predicted molar refractivity (Wildman–Crippen MR) is 102 cm³/mol. The normalized spacial score (nSPS) is 19.2. The summed E-state index contributed by atoms with van der Waals surface area (Å²) in [5.41, 5.74) is 0. The van der Waals surface area contributed by atoms with Crippen LogP contribution >= 0.6 is 24.0 Å². The molecule has 0 spiro atoms. The van der Waals surface area contributed by atoms with Gasteiger partial charge in [-0.25, -0.2) is 0 Å². The number of nitrogens with zero attached hydrogens (tertiary/aromatic N) is 1. The Morgan fingerprint density at radius 2 is 1.82 bits per heavy atom. The van der Waals surface area contributed by atoms with Crippen LogP contribution in [0.5, 0.6) is 0 Å². The van der Waals surface area contributed by atoms with Gasteiger partial charge in [0, 0.05) is 32.1 Å². The summed E-state index contributed by atoms with van der Waals surface area (Å²) in [4.78, 5) is 16.5. The zero-order valence-corrected chi connectivity index (χ0v) is 16.0. The molecule has 0 aromatic carbocycles. The molecule has 128 valence electrons. The number of aliphatic imine (C=N–C) groups is 1. The number of hydrogen-bond acceptors (Lipinski definition) is 2. The molecule has 0 aliphatic heterocycles. The van der Waals surface area contributed by atoms with Gasteiger partial charge in [0.2, 0.25) is 5.91 Å². The van der Waals surface area contributed by atoms with Gasteiger partial charge < -0.3 is 16.0 Å². The molecular weight excluding hydrogens is 391 g/mol. The van der Waals surface area contributed by atoms with Gasteiger partial charge in [-0.05, 0) is 38.5 Å². The van der Waals surface area contributed by atoms with E-state index in [0.29, 0.717) is 19.0 Å². The fraction of sp³-hybridized carbons (Fsp3) is 0.875. The lowest BCUT2D eigenvalue weighted by atomic mass is 9.95. The summed E-state index contributed by atoms with van der Waals surface area (Å²) in [5.74, 6) is 1.79. The molecule has 0 unspecified atom stereocenters. The molecule has 0 aromatic rings. The molecule has 5 nitrogen and oxygen atoms in total. The summed E-state index contributed by atoms with van der Waals surface area (Å²) in [6.07, 6.45) is 9.25. The third-order valence-corrected chi connectivity index (χ3v) is 4.16. The van der Waals surface area contributed by atoms with Crippen LogP contribution in [0.25, 0.3) is 0 Å². The molecule has 0 bridgehead atoms. The van der Waals surface area contributed by atoms with E-state index in [2.05, 4.69) is 27.9 Å². The first kappa shape index (κ1) is 19.5. The van der Waals surface area contributed by atoms with E-state index in [-0.39, 0.29) is 29.9 Å². The Labute approximate surface area is 151 Å². The summed E-state index contributed by atoms with van der Waals surface area (Å²) >= 11 is 0. The number of rotatable bonds is 7. The van der Waals surface area contributed by atoms with Crippen molar-refractivity contribution in [1.29, 1.82) is 0 Å². The van der Waals surface area contributed by atoms with Crippen LogP contribution < -0.4 is 16.0 Å². The summed E-state index contributed by atoms with van der Waals surface area (Å²) < 4.78 is 0. The van der Waals surface area contributed by atoms with Gasteiger partial charge in [0.25, 0.3) is 0 Å². The lowest BCUT2D eigenvalue weighted by Gasteiger charge is -2.22. The summed E-state index contributed by atoms with van der Waals surface area (Å²) in [7, 11) is 0. The zero-order chi connectivity index (χ0) is 14.9. The molecule has 3 N–H and O–H groups in total. The second-order valence-corrected chi connectivity index (χ2v) is 6.24. The van der Waals surface area contributed by atoms with Crippen molar-refractivity contribution in [3.05, 3.63) is 0 Å². The number of nitrogens with one attached hydrogen (secondary N) is 3. The van der Waals surface area contributed by atoms with E-state index in [0.717, 1.165) is 37.8 Å². The molecule has 0 radical (unpaired) electrons. The molecule has 22 heavy (non-hydrogen) atoms. The Kier molecular flexibility index (Phi) is 9.82. The first-order valence-corrected chi connectivity index (χ1v) is 8.59. The molecule has 6 heteroatoms. The maximum atomic E-state index is 11.9. The second-order valence-electron chi connectivity index (χ2n) is 6.24. The fourth-order valence-corrected chi connectivity index (χ4v) is 2.70. The SMILES string of the molecule is CCNC(=NCC1CC1)NCCC(=O)NC1CCCCC1.I. The Hall–Kier alpha value is -0.530. The summed E-state index contributed by atoms with van der Waals surface area (Å²) in [6, 6.07) is 0.406. The maximum absolute atomic E-state index is 11.9. The van der Waals surface area contributed by atoms with Crippen LogP contribution in [-0.4, -0.2) is 37.5 Å². The number of hydrogen-bond donors (Lipinski definition) is 3. The van der Waals surface area contributed by atoms with Gasteiger partial charge in [-0.15, -0.1) is 24.0 Å². The predicted octanol–water partition coefficient (Wildman–Crippen LogP) is 2.41. The van der Waals surface area contributed by atoms with Gasteiger partial charge in [-0.3, -0.25) is 9.79 Å². The van der Waals surface area contributed by atoms with E-state index in [1.807, 2.05) is 0 Å². The van der Waals surface area contributed by atoms with Crippen LogP contribution in [0.4, 0.5) is 0 Å². The van der Waals surface area contributed by atoms with Crippen LogP contribution in [0, 0.1) is 5.92 Å². The molecule has 2 rings (SSSR count). The van der Waals surface area contributed by atoms with E-state index in [1.54, 1.807) is 0 Å². The molecular formula is C16H31IN4O. The first-order valence-electron chi connectivity index (χ1n) is 8.59. The molecule has 2 aliphatic carbocycles. The number of amides is 1. The van der Waals surface area contributed by atoms with Gasteiger partial charge >= 0.3 is 0 Å².